The van der Waals surface area contributed by atoms with Crippen molar-refractivity contribution in [2.45, 2.75) is 115 Å². The maximum absolute atomic E-state index is 12.4. The number of hydrogen-bond acceptors (Lipinski definition) is 23. The Balaban J connectivity index is 0.000000129. The number of aromatic nitrogens is 9. The second-order valence-corrected chi connectivity index (χ2v) is 32.5. The molecule has 0 spiro atoms. The van der Waals surface area contributed by atoms with Crippen molar-refractivity contribution in [3.63, 3.8) is 0 Å². The Kier molecular flexibility index (Phi) is 26.0. The summed E-state index contributed by atoms with van der Waals surface area (Å²) in [4.78, 5) is 45.5. The summed E-state index contributed by atoms with van der Waals surface area (Å²) in [5.74, 6) is 7.13. The van der Waals surface area contributed by atoms with Crippen LogP contribution >= 0.6 is 0 Å². The van der Waals surface area contributed by atoms with Crippen molar-refractivity contribution in [2.75, 3.05) is 123 Å². The van der Waals surface area contributed by atoms with Gasteiger partial charge >= 0.3 is 6.09 Å². The lowest BCUT2D eigenvalue weighted by Crippen LogP contribution is -2.46. The highest BCUT2D eigenvalue weighted by molar-refractivity contribution is 6.03. The van der Waals surface area contributed by atoms with Crippen LogP contribution in [0, 0.1) is 17.8 Å². The van der Waals surface area contributed by atoms with Gasteiger partial charge in [0.25, 0.3) is 0 Å². The third kappa shape index (κ3) is 19.9. The predicted molar refractivity (Wildman–Crippen MR) is 457 cm³/mol. The van der Waals surface area contributed by atoms with E-state index < -0.39 is 5.60 Å². The molecule has 13 heterocycles. The van der Waals surface area contributed by atoms with Crippen molar-refractivity contribution >= 4 is 56.6 Å². The maximum Gasteiger partial charge on any atom is 0.410 e. The van der Waals surface area contributed by atoms with Crippen LogP contribution in [0.4, 0.5) is 22.2 Å². The second kappa shape index (κ2) is 37.9. The van der Waals surface area contributed by atoms with E-state index in [9.17, 15) is 4.79 Å². The number of nitrogen functional groups attached to an aromatic ring is 3. The van der Waals surface area contributed by atoms with Crippen LogP contribution in [0.3, 0.4) is 0 Å². The molecule has 7 aliphatic heterocycles. The van der Waals surface area contributed by atoms with Gasteiger partial charge in [-0.1, -0.05) is 91.0 Å². The van der Waals surface area contributed by atoms with Crippen molar-refractivity contribution in [3.05, 3.63) is 201 Å². The minimum absolute atomic E-state index is 0.0127. The lowest BCUT2D eigenvalue weighted by molar-refractivity contribution is -0.225. The van der Waals surface area contributed by atoms with Gasteiger partial charge in [-0.25, -0.2) is 34.7 Å². The summed E-state index contributed by atoms with van der Waals surface area (Å²) >= 11 is 0. The van der Waals surface area contributed by atoms with Gasteiger partial charge in [-0.05, 0) is 202 Å². The molecule has 6 aromatic carbocycles. The van der Waals surface area contributed by atoms with Gasteiger partial charge in [0.05, 0.1) is 73.9 Å². The van der Waals surface area contributed by atoms with Gasteiger partial charge < -0.3 is 97.7 Å². The highest BCUT2D eigenvalue weighted by Gasteiger charge is 2.38. The quantitative estimate of drug-likeness (QED) is 0.0859. The molecule has 27 heteroatoms. The predicted octanol–water partition coefficient (Wildman–Crippen LogP) is 16.3. The van der Waals surface area contributed by atoms with Crippen LogP contribution < -0.4 is 31.4 Å². The highest BCUT2D eigenvalue weighted by Crippen LogP contribution is 2.42. The summed E-state index contributed by atoms with van der Waals surface area (Å²) in [6, 6.07) is 53.0. The van der Waals surface area contributed by atoms with Crippen LogP contribution in [-0.2, 0) is 37.9 Å². The minimum Gasteiger partial charge on any atom is -0.457 e. The number of para-hydroxylation sites is 3. The monoisotopic (exact) mass is 1610 g/mol. The number of carbonyl (C=O) groups is 1. The zero-order valence-corrected chi connectivity index (χ0v) is 68.3. The minimum atomic E-state index is -0.503. The van der Waals surface area contributed by atoms with E-state index in [-0.39, 0.29) is 49.0 Å². The lowest BCUT2D eigenvalue weighted by atomic mass is 9.96. The van der Waals surface area contributed by atoms with Crippen LogP contribution in [0.1, 0.15) is 90.3 Å². The van der Waals surface area contributed by atoms with E-state index in [0.717, 1.165) is 179 Å². The first-order valence-corrected chi connectivity index (χ1v) is 41.5. The van der Waals surface area contributed by atoms with E-state index in [0.29, 0.717) is 82.0 Å². The molecule has 12 aromatic rings. The van der Waals surface area contributed by atoms with Gasteiger partial charge in [0.1, 0.15) is 93.5 Å². The SMILES string of the molecule is C1CCOC1.CC(C)(C)OC(=O)N1CCC(C2OCC(n3cc(-c4ccc(Oc5ccccc5)cc4)c4c(N)ncnc43)CO2)CC1.CN1CCC(C2OCC(n3cc(-c4ccc(Oc5ccccc5)cc4)c4c(N)ncnc43)CO2)CC1.CN1CCC(C2OCC(n3cc(-c4ccc(Oc5ccccc5)cc4)c4c(N)ncnc43)CO2)CC1. The molecule has 7 saturated heterocycles. The third-order valence-electron chi connectivity index (χ3n) is 22.9. The van der Waals surface area contributed by atoms with E-state index >= 15 is 0 Å². The van der Waals surface area contributed by atoms with Crippen molar-refractivity contribution < 1.29 is 56.9 Å². The Morgan fingerprint density at radius 1 is 0.378 bits per heavy atom. The molecule has 622 valence electrons. The van der Waals surface area contributed by atoms with Crippen LogP contribution in [-0.4, -0.2) is 195 Å². The molecule has 0 atom stereocenters. The molecule has 0 aliphatic carbocycles. The number of carbonyl (C=O) groups excluding carboxylic acids is 1. The maximum atomic E-state index is 12.4. The molecular weight excluding hydrogens is 1510 g/mol. The summed E-state index contributed by atoms with van der Waals surface area (Å²) in [5, 5.41) is 2.48. The number of likely N-dealkylation sites (tertiary alicyclic amines) is 3. The number of amides is 1. The van der Waals surface area contributed by atoms with Crippen molar-refractivity contribution in [3.8, 4) is 67.9 Å². The van der Waals surface area contributed by atoms with Gasteiger partial charge in [0.15, 0.2) is 18.9 Å². The number of benzene rings is 6. The molecular formula is C92H107N15O12. The largest absolute Gasteiger partial charge is 0.457 e. The van der Waals surface area contributed by atoms with Gasteiger partial charge in [0, 0.05) is 79.3 Å². The Hall–Kier alpha value is -11.1. The molecule has 0 radical (unpaired) electrons. The van der Waals surface area contributed by atoms with Gasteiger partial charge in [-0.15, -0.1) is 0 Å². The van der Waals surface area contributed by atoms with Crippen LogP contribution in [0.5, 0.6) is 34.5 Å². The number of nitrogens with two attached hydrogens (primary N) is 3. The lowest BCUT2D eigenvalue weighted by Gasteiger charge is -2.39. The Bertz CT molecular complexity index is 5040. The average Bonchev–Trinajstić information content (AvgIpc) is 1.63. The standard InChI is InChI=1S/C32H37N5O5.2C28H31N5O3.C4H8O/c1-32(2,3)42-31(38)36-15-13-22(14-16-36)30-39-18-23(19-40-30)37-17-26(27-28(33)34-20-35-29(27)37)21-9-11-25(12-10-21)41-24-7-5-4-6-8-24;2*1-32-13-11-20(12-14-32)28-34-16-21(17-35-28)33-15-24(25-26(29)30-18-31-27(25)33)19-7-9-23(10-8-19)36-22-5-3-2-4-6-22;1-2-4-5-3-1/h4-12,17,20,22-23,30H,13-16,18-19H2,1-3H3,(H2,33,34,35);2*2-10,15,18,20-21,28H,11-14,16-17H2,1H3,(H2,29,30,31);1-4H2. The Morgan fingerprint density at radius 3 is 0.924 bits per heavy atom. The van der Waals surface area contributed by atoms with E-state index in [2.05, 4.69) is 86.1 Å². The summed E-state index contributed by atoms with van der Waals surface area (Å²) in [5.41, 5.74) is 26.8. The fraction of sp³-hybridized carbons (Fsp3) is 0.402. The number of rotatable bonds is 15. The first-order valence-electron chi connectivity index (χ1n) is 41.5. The zero-order valence-electron chi connectivity index (χ0n) is 68.3. The van der Waals surface area contributed by atoms with E-state index in [1.807, 2.05) is 185 Å². The van der Waals surface area contributed by atoms with Crippen molar-refractivity contribution in [1.29, 1.82) is 0 Å². The Morgan fingerprint density at radius 2 is 0.655 bits per heavy atom. The third-order valence-corrected chi connectivity index (χ3v) is 22.9. The number of ether oxygens (including phenoxy) is 11. The number of piperidine rings is 3. The average molecular weight is 1610 g/mol. The fourth-order valence-electron chi connectivity index (χ4n) is 16.4. The van der Waals surface area contributed by atoms with Gasteiger partial charge in [0.2, 0.25) is 0 Å². The Labute approximate surface area is 693 Å². The second-order valence-electron chi connectivity index (χ2n) is 32.5. The molecule has 19 rings (SSSR count). The summed E-state index contributed by atoms with van der Waals surface area (Å²) in [7, 11) is 4.34. The van der Waals surface area contributed by atoms with Crippen LogP contribution in [0.25, 0.3) is 66.5 Å². The molecule has 6 aromatic heterocycles. The molecule has 0 bridgehead atoms. The van der Waals surface area contributed by atoms with E-state index in [1.54, 1.807) is 4.90 Å². The fourth-order valence-corrected chi connectivity index (χ4v) is 16.4. The van der Waals surface area contributed by atoms with Crippen molar-refractivity contribution in [2.24, 2.45) is 17.8 Å². The summed E-state index contributed by atoms with van der Waals surface area (Å²) in [6.45, 7) is 16.5. The molecule has 27 nitrogen and oxygen atoms in total. The van der Waals surface area contributed by atoms with Crippen LogP contribution in [0.2, 0.25) is 0 Å². The molecule has 0 saturated carbocycles. The van der Waals surface area contributed by atoms with E-state index in [1.165, 1.54) is 31.8 Å². The van der Waals surface area contributed by atoms with Crippen LogP contribution in [0.15, 0.2) is 201 Å². The molecule has 7 aliphatic rings. The van der Waals surface area contributed by atoms with E-state index in [4.69, 9.17) is 69.3 Å². The van der Waals surface area contributed by atoms with Gasteiger partial charge in [-0.3, -0.25) is 0 Å². The number of fused-ring (bicyclic) bond motifs is 3. The summed E-state index contributed by atoms with van der Waals surface area (Å²) < 4.78 is 72.1. The first kappa shape index (κ1) is 81.6. The zero-order chi connectivity index (χ0) is 81.8. The first-order chi connectivity index (χ1) is 58.1. The van der Waals surface area contributed by atoms with Crippen molar-refractivity contribution in [1.82, 2.24) is 58.3 Å². The topological polar surface area (TPSA) is 299 Å². The summed E-state index contributed by atoms with van der Waals surface area (Å²) in [6.07, 6.45) is 18.5. The molecule has 1 amide bonds. The molecule has 6 N–H and O–H groups in total. The number of hydrogen-bond donors (Lipinski definition) is 3. The molecule has 119 heavy (non-hydrogen) atoms. The highest BCUT2D eigenvalue weighted by atomic mass is 16.7. The van der Waals surface area contributed by atoms with Gasteiger partial charge in [-0.2, -0.15) is 0 Å². The smallest absolute Gasteiger partial charge is 0.410 e. The molecule has 0 unspecified atom stereocenters. The molecule has 7 fully saturated rings. The number of nitrogens with zero attached hydrogens (tertiary/aromatic N) is 12. The number of anilines is 3. The normalized spacial score (nSPS) is 21.1.